The van der Waals surface area contributed by atoms with Crippen LogP contribution in [-0.2, 0) is 50.1 Å². The lowest BCUT2D eigenvalue weighted by Crippen LogP contribution is -2.24. The zero-order valence-electron chi connectivity index (χ0n) is 31.3. The Morgan fingerprint density at radius 2 is 0.760 bits per heavy atom. The molecule has 0 saturated carbocycles. The summed E-state index contributed by atoms with van der Waals surface area (Å²) in [4.78, 5) is 2.11. The van der Waals surface area contributed by atoms with Gasteiger partial charge in [-0.3, -0.25) is 4.90 Å². The third-order valence-corrected chi connectivity index (χ3v) is 9.93. The number of hydrogen-bond donors (Lipinski definition) is 8. The molecule has 0 spiro atoms. The number of nitrogens with zero attached hydrogens (tertiary/aromatic N) is 1. The minimum Gasteiger partial charge on any atom is -0.508 e. The number of phenols is 4. The Labute approximate surface area is 298 Å². The fourth-order valence-electron chi connectivity index (χ4n) is 6.72. The number of benzene rings is 4. The smallest absolute Gasteiger partial charge is 0.124 e. The van der Waals surface area contributed by atoms with E-state index in [4.69, 9.17) is 0 Å². The first-order chi connectivity index (χ1) is 23.7. The van der Waals surface area contributed by atoms with Crippen LogP contribution in [-0.4, -0.2) is 60.6 Å². The van der Waals surface area contributed by atoms with Gasteiger partial charge in [-0.15, -0.1) is 0 Å². The van der Waals surface area contributed by atoms with E-state index in [0.29, 0.717) is 39.3 Å². The zero-order chi connectivity index (χ0) is 36.8. The van der Waals surface area contributed by atoms with E-state index >= 15 is 0 Å². The van der Waals surface area contributed by atoms with Crippen molar-refractivity contribution in [2.24, 2.45) is 0 Å². The molecule has 0 heterocycles. The fraction of sp³-hybridized carbons (Fsp3) is 0.415. The van der Waals surface area contributed by atoms with E-state index in [0.717, 1.165) is 55.6 Å². The number of aromatic hydroxyl groups is 4. The Morgan fingerprint density at radius 1 is 0.460 bits per heavy atom. The van der Waals surface area contributed by atoms with Crippen LogP contribution >= 0.6 is 0 Å². The van der Waals surface area contributed by atoms with Crippen LogP contribution in [0.3, 0.4) is 0 Å². The second-order valence-electron chi connectivity index (χ2n) is 14.5. The van der Waals surface area contributed by atoms with E-state index in [9.17, 15) is 20.4 Å². The van der Waals surface area contributed by atoms with Gasteiger partial charge in [-0.1, -0.05) is 39.8 Å². The predicted molar refractivity (Wildman–Crippen MR) is 203 cm³/mol. The van der Waals surface area contributed by atoms with Gasteiger partial charge < -0.3 is 41.7 Å². The van der Waals surface area contributed by atoms with E-state index in [2.05, 4.69) is 78.1 Å². The molecule has 0 amide bonds. The number of nitrogens with one attached hydrogen (secondary N) is 4. The lowest BCUT2D eigenvalue weighted by molar-refractivity contribution is 0.305. The van der Waals surface area contributed by atoms with Crippen molar-refractivity contribution >= 4 is 0 Å². The van der Waals surface area contributed by atoms with Crippen LogP contribution in [0.4, 0.5) is 0 Å². The fourth-order valence-corrected chi connectivity index (χ4v) is 6.72. The van der Waals surface area contributed by atoms with Gasteiger partial charge in [0.25, 0.3) is 0 Å². The van der Waals surface area contributed by atoms with Crippen molar-refractivity contribution in [3.8, 4) is 23.0 Å². The highest BCUT2D eigenvalue weighted by molar-refractivity contribution is 5.52. The maximum atomic E-state index is 11.5. The third-order valence-electron chi connectivity index (χ3n) is 9.93. The number of hydrogen-bond acceptors (Lipinski definition) is 9. The average molecular weight is 684 g/mol. The van der Waals surface area contributed by atoms with Gasteiger partial charge in [-0.05, 0) is 106 Å². The van der Waals surface area contributed by atoms with E-state index < -0.39 is 10.8 Å². The molecule has 0 fully saturated rings. The van der Waals surface area contributed by atoms with Gasteiger partial charge in [-0.2, -0.15) is 0 Å². The highest BCUT2D eigenvalue weighted by Gasteiger charge is 2.29. The Hall–Kier alpha value is -4.12. The van der Waals surface area contributed by atoms with Crippen LogP contribution in [0.5, 0.6) is 23.0 Å². The normalized spacial score (nSPS) is 12.2. The summed E-state index contributed by atoms with van der Waals surface area (Å²) in [5.74, 6) is 1.04. The van der Waals surface area contributed by atoms with Crippen molar-refractivity contribution < 1.29 is 20.4 Å². The molecule has 4 rings (SSSR count). The zero-order valence-corrected chi connectivity index (χ0v) is 31.3. The van der Waals surface area contributed by atoms with Crippen molar-refractivity contribution in [1.29, 1.82) is 0 Å². The van der Waals surface area contributed by atoms with Gasteiger partial charge in [0.15, 0.2) is 0 Å². The van der Waals surface area contributed by atoms with Crippen LogP contribution in [0.1, 0.15) is 83.3 Å². The Morgan fingerprint density at radius 3 is 1.10 bits per heavy atom. The SMILES string of the molecule is CNCc1cc(C(C)(C)c2cc(CNC)c(O)c(CN(C)Cc3cc(C(C)(C)c4ccc(O)c(CNC)c4)cc(CNC)c3O)c2)ccc1O. The number of phenolic OH excluding ortho intramolecular Hbond substituents is 4. The molecule has 50 heavy (non-hydrogen) atoms. The summed E-state index contributed by atoms with van der Waals surface area (Å²) in [6.45, 7) is 11.7. The standard InChI is InChI=1S/C41H57N5O4/c1-40(2,32-10-12-36(47)26(14-32)20-42-5)34-16-28(22-44-7)38(49)30(18-34)24-46(9)25-31-19-35(17-29(23-45-8)39(31)50)41(3,4)33-11-13-37(48)27(15-33)21-43-6/h10-19,42-45,47-50H,20-25H2,1-9H3. The Balaban J connectivity index is 1.71. The summed E-state index contributed by atoms with van der Waals surface area (Å²) in [5, 5.41) is 56.5. The highest BCUT2D eigenvalue weighted by atomic mass is 16.3. The summed E-state index contributed by atoms with van der Waals surface area (Å²) in [6, 6.07) is 19.8. The van der Waals surface area contributed by atoms with Crippen LogP contribution in [0.2, 0.25) is 0 Å². The van der Waals surface area contributed by atoms with Gasteiger partial charge in [0, 0.05) is 83.5 Å². The predicted octanol–water partition coefficient (Wildman–Crippen LogP) is 5.67. The summed E-state index contributed by atoms with van der Waals surface area (Å²) >= 11 is 0. The first kappa shape index (κ1) is 38.7. The van der Waals surface area contributed by atoms with Crippen molar-refractivity contribution in [3.05, 3.63) is 116 Å². The molecule has 0 aromatic heterocycles. The number of rotatable bonds is 16. The topological polar surface area (TPSA) is 132 Å². The third kappa shape index (κ3) is 8.42. The molecule has 0 atom stereocenters. The molecule has 0 bridgehead atoms. The summed E-state index contributed by atoms with van der Waals surface area (Å²) in [7, 11) is 9.45. The monoisotopic (exact) mass is 683 g/mol. The Kier molecular flexibility index (Phi) is 12.6. The van der Waals surface area contributed by atoms with E-state index in [-0.39, 0.29) is 23.0 Å². The maximum absolute atomic E-state index is 11.5. The second kappa shape index (κ2) is 16.3. The van der Waals surface area contributed by atoms with Gasteiger partial charge in [0.05, 0.1) is 0 Å². The minimum atomic E-state index is -0.415. The second-order valence-corrected chi connectivity index (χ2v) is 14.5. The molecule has 0 aliphatic rings. The van der Waals surface area contributed by atoms with Crippen LogP contribution in [0.15, 0.2) is 60.7 Å². The van der Waals surface area contributed by atoms with E-state index in [1.807, 2.05) is 59.5 Å². The summed E-state index contributed by atoms with van der Waals surface area (Å²) < 4.78 is 0. The lowest BCUT2D eigenvalue weighted by atomic mass is 9.76. The molecule has 0 saturated heterocycles. The van der Waals surface area contributed by atoms with Gasteiger partial charge in [-0.25, -0.2) is 0 Å². The van der Waals surface area contributed by atoms with Gasteiger partial charge in [0.2, 0.25) is 0 Å². The van der Waals surface area contributed by atoms with E-state index in [1.54, 1.807) is 12.1 Å². The lowest BCUT2D eigenvalue weighted by Gasteiger charge is -2.30. The molecule has 8 N–H and O–H groups in total. The summed E-state index contributed by atoms with van der Waals surface area (Å²) in [6.07, 6.45) is 0. The summed E-state index contributed by atoms with van der Waals surface area (Å²) in [5.41, 5.74) is 8.29. The molecular formula is C41H57N5O4. The van der Waals surface area contributed by atoms with Crippen LogP contribution < -0.4 is 21.3 Å². The molecule has 0 radical (unpaired) electrons. The Bertz CT molecular complexity index is 1660. The van der Waals surface area contributed by atoms with Crippen molar-refractivity contribution in [2.45, 2.75) is 77.8 Å². The first-order valence-corrected chi connectivity index (χ1v) is 17.3. The molecule has 0 aliphatic heterocycles. The van der Waals surface area contributed by atoms with Crippen molar-refractivity contribution in [3.63, 3.8) is 0 Å². The minimum absolute atomic E-state index is 0.256. The molecule has 0 unspecified atom stereocenters. The van der Waals surface area contributed by atoms with Crippen molar-refractivity contribution in [2.75, 3.05) is 35.2 Å². The largest absolute Gasteiger partial charge is 0.508 e. The van der Waals surface area contributed by atoms with E-state index in [1.165, 1.54) is 0 Å². The molecule has 9 heteroatoms. The van der Waals surface area contributed by atoms with Gasteiger partial charge in [0.1, 0.15) is 23.0 Å². The molecule has 270 valence electrons. The average Bonchev–Trinajstić information content (AvgIpc) is 3.06. The van der Waals surface area contributed by atoms with Gasteiger partial charge >= 0.3 is 0 Å². The van der Waals surface area contributed by atoms with Crippen LogP contribution in [0, 0.1) is 0 Å². The molecule has 4 aromatic rings. The van der Waals surface area contributed by atoms with Crippen molar-refractivity contribution in [1.82, 2.24) is 26.2 Å². The molecular weight excluding hydrogens is 626 g/mol. The van der Waals surface area contributed by atoms with Crippen LogP contribution in [0.25, 0.3) is 0 Å². The highest BCUT2D eigenvalue weighted by Crippen LogP contribution is 2.40. The molecule has 0 aliphatic carbocycles. The molecule has 9 nitrogen and oxygen atoms in total. The molecule has 4 aromatic carbocycles. The first-order valence-electron chi connectivity index (χ1n) is 17.3. The quantitative estimate of drug-likeness (QED) is 0.0753. The maximum Gasteiger partial charge on any atom is 0.124 e.